The van der Waals surface area contributed by atoms with Crippen molar-refractivity contribution in [2.24, 2.45) is 0 Å². The molecular formula is C11H14FNO. The van der Waals surface area contributed by atoms with Gasteiger partial charge in [-0.2, -0.15) is 0 Å². The van der Waals surface area contributed by atoms with E-state index in [1.54, 1.807) is 12.1 Å². The molecule has 0 radical (unpaired) electrons. The maximum Gasteiger partial charge on any atom is 0.131 e. The summed E-state index contributed by atoms with van der Waals surface area (Å²) in [6.45, 7) is 6.05. The zero-order valence-corrected chi connectivity index (χ0v) is 8.13. The molecule has 0 saturated carbocycles. The fourth-order valence-electron chi connectivity index (χ4n) is 1.24. The van der Waals surface area contributed by atoms with Gasteiger partial charge < -0.3 is 10.4 Å². The van der Waals surface area contributed by atoms with Crippen LogP contribution in [0.1, 0.15) is 18.5 Å². The molecule has 0 aliphatic carbocycles. The Kier molecular flexibility index (Phi) is 3.65. The summed E-state index contributed by atoms with van der Waals surface area (Å²) < 4.78 is 13.3. The zero-order valence-electron chi connectivity index (χ0n) is 8.13. The largest absolute Gasteiger partial charge is 0.508 e. The van der Waals surface area contributed by atoms with E-state index in [0.29, 0.717) is 12.1 Å². The van der Waals surface area contributed by atoms with Crippen LogP contribution in [0.25, 0.3) is 0 Å². The molecule has 0 aromatic heterocycles. The van der Waals surface area contributed by atoms with Crippen LogP contribution >= 0.6 is 0 Å². The van der Waals surface area contributed by atoms with Gasteiger partial charge in [0.15, 0.2) is 0 Å². The van der Waals surface area contributed by atoms with Crippen molar-refractivity contribution in [1.29, 1.82) is 0 Å². The molecule has 0 aliphatic rings. The monoisotopic (exact) mass is 195 g/mol. The van der Waals surface area contributed by atoms with E-state index in [2.05, 4.69) is 11.9 Å². The van der Waals surface area contributed by atoms with Gasteiger partial charge in [0.1, 0.15) is 11.6 Å². The standard InChI is InChI=1S/C11H14FNO/c1-3-6-13-8(2)10-5-4-9(14)7-11(10)12/h3-5,7-8,13-14H,1,6H2,2H3. The number of hydrogen-bond donors (Lipinski definition) is 2. The third-order valence-electron chi connectivity index (χ3n) is 2.02. The Bertz CT molecular complexity index is 325. The van der Waals surface area contributed by atoms with E-state index in [9.17, 15) is 4.39 Å². The second kappa shape index (κ2) is 4.77. The summed E-state index contributed by atoms with van der Waals surface area (Å²) in [6, 6.07) is 4.07. The third-order valence-corrected chi connectivity index (χ3v) is 2.02. The minimum Gasteiger partial charge on any atom is -0.508 e. The highest BCUT2D eigenvalue weighted by Crippen LogP contribution is 2.20. The fraction of sp³-hybridized carbons (Fsp3) is 0.273. The molecule has 1 unspecified atom stereocenters. The summed E-state index contributed by atoms with van der Waals surface area (Å²) in [6.07, 6.45) is 1.72. The topological polar surface area (TPSA) is 32.3 Å². The summed E-state index contributed by atoms with van der Waals surface area (Å²) >= 11 is 0. The zero-order chi connectivity index (χ0) is 10.6. The summed E-state index contributed by atoms with van der Waals surface area (Å²) in [5, 5.41) is 12.1. The van der Waals surface area contributed by atoms with Gasteiger partial charge in [-0.15, -0.1) is 6.58 Å². The summed E-state index contributed by atoms with van der Waals surface area (Å²) in [4.78, 5) is 0. The first-order valence-electron chi connectivity index (χ1n) is 4.48. The molecule has 3 heteroatoms. The molecule has 1 aromatic rings. The molecule has 0 fully saturated rings. The fourth-order valence-corrected chi connectivity index (χ4v) is 1.24. The van der Waals surface area contributed by atoms with E-state index in [0.717, 1.165) is 6.07 Å². The Morgan fingerprint density at radius 2 is 2.36 bits per heavy atom. The van der Waals surface area contributed by atoms with Crippen LogP contribution in [-0.4, -0.2) is 11.7 Å². The summed E-state index contributed by atoms with van der Waals surface area (Å²) in [5.74, 6) is -0.448. The second-order valence-electron chi connectivity index (χ2n) is 3.12. The average Bonchev–Trinajstić information content (AvgIpc) is 2.14. The number of aromatic hydroxyl groups is 1. The van der Waals surface area contributed by atoms with Gasteiger partial charge >= 0.3 is 0 Å². The van der Waals surface area contributed by atoms with E-state index in [1.165, 1.54) is 6.07 Å². The first-order valence-corrected chi connectivity index (χ1v) is 4.48. The molecule has 76 valence electrons. The first-order chi connectivity index (χ1) is 6.65. The number of phenolic OH excluding ortho intramolecular Hbond substituents is 1. The molecule has 14 heavy (non-hydrogen) atoms. The van der Waals surface area contributed by atoms with Gasteiger partial charge in [0.2, 0.25) is 0 Å². The smallest absolute Gasteiger partial charge is 0.131 e. The Morgan fingerprint density at radius 1 is 1.64 bits per heavy atom. The van der Waals surface area contributed by atoms with Gasteiger partial charge in [-0.1, -0.05) is 12.1 Å². The second-order valence-corrected chi connectivity index (χ2v) is 3.12. The van der Waals surface area contributed by atoms with Crippen molar-refractivity contribution in [2.75, 3.05) is 6.54 Å². The summed E-state index contributed by atoms with van der Waals surface area (Å²) in [5.41, 5.74) is 0.546. The Morgan fingerprint density at radius 3 is 2.93 bits per heavy atom. The van der Waals surface area contributed by atoms with Crippen LogP contribution in [0, 0.1) is 5.82 Å². The Balaban J connectivity index is 2.78. The lowest BCUT2D eigenvalue weighted by molar-refractivity contribution is 0.465. The quantitative estimate of drug-likeness (QED) is 0.723. The maximum atomic E-state index is 13.3. The van der Waals surface area contributed by atoms with Gasteiger partial charge in [0.25, 0.3) is 0 Å². The molecule has 0 heterocycles. The van der Waals surface area contributed by atoms with Gasteiger partial charge in [-0.05, 0) is 13.0 Å². The third kappa shape index (κ3) is 2.57. The van der Waals surface area contributed by atoms with Crippen LogP contribution in [0.4, 0.5) is 4.39 Å². The molecular weight excluding hydrogens is 181 g/mol. The minimum atomic E-state index is -0.394. The highest BCUT2D eigenvalue weighted by Gasteiger charge is 2.09. The van der Waals surface area contributed by atoms with Crippen molar-refractivity contribution >= 4 is 0 Å². The molecule has 0 saturated heterocycles. The molecule has 1 rings (SSSR count). The maximum absolute atomic E-state index is 13.3. The molecule has 0 aliphatic heterocycles. The molecule has 2 N–H and O–H groups in total. The molecule has 0 bridgehead atoms. The SMILES string of the molecule is C=CCNC(C)c1ccc(O)cc1F. The van der Waals surface area contributed by atoms with Gasteiger partial charge in [0, 0.05) is 24.2 Å². The minimum absolute atomic E-state index is 0.0535. The van der Waals surface area contributed by atoms with E-state index < -0.39 is 5.82 Å². The van der Waals surface area contributed by atoms with Gasteiger partial charge in [-0.3, -0.25) is 0 Å². The lowest BCUT2D eigenvalue weighted by Crippen LogP contribution is -2.19. The van der Waals surface area contributed by atoms with Crippen LogP contribution < -0.4 is 5.32 Å². The summed E-state index contributed by atoms with van der Waals surface area (Å²) in [7, 11) is 0. The lowest BCUT2D eigenvalue weighted by atomic mass is 10.1. The normalized spacial score (nSPS) is 12.4. The van der Waals surface area contributed by atoms with Crippen LogP contribution in [0.5, 0.6) is 5.75 Å². The van der Waals surface area contributed by atoms with Crippen molar-refractivity contribution < 1.29 is 9.50 Å². The molecule has 2 nitrogen and oxygen atoms in total. The molecule has 1 atom stereocenters. The molecule has 0 amide bonds. The predicted molar refractivity (Wildman–Crippen MR) is 54.7 cm³/mol. The number of nitrogens with one attached hydrogen (secondary N) is 1. The van der Waals surface area contributed by atoms with Gasteiger partial charge in [-0.25, -0.2) is 4.39 Å². The lowest BCUT2D eigenvalue weighted by Gasteiger charge is -2.13. The van der Waals surface area contributed by atoms with Crippen LogP contribution in [-0.2, 0) is 0 Å². The Hall–Kier alpha value is -1.35. The Labute approximate surface area is 83.1 Å². The molecule has 0 spiro atoms. The van der Waals surface area contributed by atoms with Crippen molar-refractivity contribution in [3.8, 4) is 5.75 Å². The van der Waals surface area contributed by atoms with E-state index in [1.807, 2.05) is 6.92 Å². The number of benzene rings is 1. The van der Waals surface area contributed by atoms with E-state index >= 15 is 0 Å². The van der Waals surface area contributed by atoms with Crippen LogP contribution in [0.3, 0.4) is 0 Å². The average molecular weight is 195 g/mol. The van der Waals surface area contributed by atoms with Gasteiger partial charge in [0.05, 0.1) is 0 Å². The van der Waals surface area contributed by atoms with Crippen molar-refractivity contribution in [1.82, 2.24) is 5.32 Å². The van der Waals surface area contributed by atoms with Crippen LogP contribution in [0.2, 0.25) is 0 Å². The van der Waals surface area contributed by atoms with Crippen LogP contribution in [0.15, 0.2) is 30.9 Å². The highest BCUT2D eigenvalue weighted by atomic mass is 19.1. The number of rotatable bonds is 4. The predicted octanol–water partition coefficient (Wildman–Crippen LogP) is 2.37. The molecule has 1 aromatic carbocycles. The number of halogens is 1. The van der Waals surface area contributed by atoms with E-state index in [-0.39, 0.29) is 11.8 Å². The number of phenols is 1. The number of hydrogen-bond acceptors (Lipinski definition) is 2. The first kappa shape index (κ1) is 10.7. The highest BCUT2D eigenvalue weighted by molar-refractivity contribution is 5.29. The van der Waals surface area contributed by atoms with E-state index in [4.69, 9.17) is 5.11 Å². The van der Waals surface area contributed by atoms with Crippen molar-refractivity contribution in [2.45, 2.75) is 13.0 Å². The van der Waals surface area contributed by atoms with Crippen molar-refractivity contribution in [3.63, 3.8) is 0 Å². The van der Waals surface area contributed by atoms with Crippen molar-refractivity contribution in [3.05, 3.63) is 42.2 Å².